The van der Waals surface area contributed by atoms with Crippen LogP contribution < -0.4 is 10.6 Å². The van der Waals surface area contributed by atoms with Crippen LogP contribution in [-0.2, 0) is 57.1 Å². The first kappa shape index (κ1) is 45.6. The Morgan fingerprint density at radius 3 is 1.39 bits per heavy atom. The van der Waals surface area contributed by atoms with Crippen molar-refractivity contribution in [2.45, 2.75) is 137 Å². The predicted octanol–water partition coefficient (Wildman–Crippen LogP) is -8.07. The van der Waals surface area contributed by atoms with Crippen molar-refractivity contribution in [2.24, 2.45) is 0 Å². The number of nitrogens with one attached hydrogen (secondary N) is 2. The van der Waals surface area contributed by atoms with Gasteiger partial charge in [0.2, 0.25) is 11.8 Å². The van der Waals surface area contributed by atoms with Crippen LogP contribution in [0.5, 0.6) is 0 Å². The molecule has 4 aliphatic rings. The van der Waals surface area contributed by atoms with Crippen molar-refractivity contribution in [1.82, 2.24) is 10.6 Å². The Balaban J connectivity index is 1.63. The molecule has 0 aromatic heterocycles. The molecule has 4 saturated heterocycles. The van der Waals surface area contributed by atoms with Crippen molar-refractivity contribution in [1.29, 1.82) is 0 Å². The average Bonchev–Trinajstić information content (AvgIpc) is 3.13. The van der Waals surface area contributed by atoms with Crippen LogP contribution >= 0.6 is 0 Å². The molecule has 2 amide bonds. The van der Waals surface area contributed by atoms with Gasteiger partial charge in [-0.25, -0.2) is 9.59 Å². The molecule has 20 atom stereocenters. The Hall–Kier alpha value is -3.06. The van der Waals surface area contributed by atoms with Gasteiger partial charge in [-0.2, -0.15) is 0 Å². The van der Waals surface area contributed by atoms with E-state index in [0.29, 0.717) is 0 Å². The first-order valence-electron chi connectivity index (χ1n) is 17.1. The fourth-order valence-electron chi connectivity index (χ4n) is 6.50. The summed E-state index contributed by atoms with van der Waals surface area (Å²) < 4.78 is 44.9. The van der Waals surface area contributed by atoms with Gasteiger partial charge in [0.1, 0.15) is 85.3 Å². The largest absolute Gasteiger partial charge is 0.479 e. The number of rotatable bonds is 15. The highest BCUT2D eigenvalue weighted by Crippen LogP contribution is 2.33. The van der Waals surface area contributed by atoms with Crippen LogP contribution in [0.15, 0.2) is 12.7 Å². The molecule has 0 aromatic carbocycles. The van der Waals surface area contributed by atoms with Gasteiger partial charge in [0.15, 0.2) is 37.4 Å². The Kier molecular flexibility index (Phi) is 16.0. The van der Waals surface area contributed by atoms with Gasteiger partial charge in [-0.15, -0.1) is 6.58 Å². The summed E-state index contributed by atoms with van der Waals surface area (Å²) in [4.78, 5) is 48.0. The minimum Gasteiger partial charge on any atom is -0.479 e. The van der Waals surface area contributed by atoms with E-state index in [1.165, 1.54) is 6.08 Å². The van der Waals surface area contributed by atoms with Crippen LogP contribution in [0.4, 0.5) is 0 Å². The highest BCUT2D eigenvalue weighted by atomic mass is 16.8. The maximum Gasteiger partial charge on any atom is 0.335 e. The molecule has 0 radical (unpaired) electrons. The number of hydrogen-bond donors (Lipinski definition) is 13. The van der Waals surface area contributed by atoms with Crippen LogP contribution in [0.2, 0.25) is 0 Å². The Bertz CT molecular complexity index is 1380. The summed E-state index contributed by atoms with van der Waals surface area (Å²) in [5.74, 6) is -4.98. The molecule has 13 N–H and O–H groups in total. The maximum atomic E-state index is 12.4. The van der Waals surface area contributed by atoms with E-state index < -0.39 is 160 Å². The molecule has 4 heterocycles. The maximum absolute atomic E-state index is 12.4. The van der Waals surface area contributed by atoms with Gasteiger partial charge in [-0.3, -0.25) is 9.59 Å². The number of hydrogen-bond acceptors (Lipinski definition) is 21. The SMILES string of the molecule is C=CCO[C@@H]1O[C@H](CO[C@@H]2O[C@H](CO)[C@@H](O)[C@H](O[C@@H]3O[C@H](C(=O)O)[C@@H](O)[C@H](O)[C@H]3O)[C@H]2NC(C)=O)[C@@H](O)[C@H](O[C@@H]2O[C@H](C(=O)O)[C@@H](O)[C@H](O)[C@H]2O)[C@H]1NC(C)=O. The number of ether oxygens (including phenoxy) is 8. The zero-order chi connectivity index (χ0) is 41.8. The van der Waals surface area contributed by atoms with Crippen molar-refractivity contribution in [2.75, 3.05) is 19.8 Å². The Morgan fingerprint density at radius 2 is 1.00 bits per heavy atom. The van der Waals surface area contributed by atoms with Gasteiger partial charge in [0.05, 0.1) is 19.8 Å². The molecule has 320 valence electrons. The molecule has 0 spiro atoms. The Morgan fingerprint density at radius 1 is 0.589 bits per heavy atom. The zero-order valence-corrected chi connectivity index (χ0v) is 29.8. The number of aliphatic carboxylic acids is 2. The van der Waals surface area contributed by atoms with Gasteiger partial charge in [-0.1, -0.05) is 6.08 Å². The van der Waals surface area contributed by atoms with Crippen LogP contribution in [0.25, 0.3) is 0 Å². The van der Waals surface area contributed by atoms with E-state index in [1.807, 2.05) is 0 Å². The summed E-state index contributed by atoms with van der Waals surface area (Å²) >= 11 is 0. The molecular formula is C31H48N2O23. The molecule has 25 heteroatoms. The quantitative estimate of drug-likeness (QED) is 0.0683. The van der Waals surface area contributed by atoms with Crippen LogP contribution in [-0.4, -0.2) is 222 Å². The van der Waals surface area contributed by atoms with E-state index >= 15 is 0 Å². The molecule has 0 aliphatic carbocycles. The highest BCUT2D eigenvalue weighted by Gasteiger charge is 2.55. The molecule has 25 nitrogen and oxygen atoms in total. The van der Waals surface area contributed by atoms with Crippen molar-refractivity contribution >= 4 is 23.8 Å². The lowest BCUT2D eigenvalue weighted by molar-refractivity contribution is -0.352. The topological polar surface area (TPSA) is 389 Å². The third-order valence-electron chi connectivity index (χ3n) is 9.28. The zero-order valence-electron chi connectivity index (χ0n) is 29.8. The normalized spacial score (nSPS) is 44.3. The van der Waals surface area contributed by atoms with E-state index in [1.54, 1.807) is 0 Å². The van der Waals surface area contributed by atoms with Crippen molar-refractivity contribution in [3.05, 3.63) is 12.7 Å². The monoisotopic (exact) mass is 816 g/mol. The number of carbonyl (C=O) groups excluding carboxylic acids is 2. The van der Waals surface area contributed by atoms with Crippen LogP contribution in [0, 0.1) is 0 Å². The second-order valence-electron chi connectivity index (χ2n) is 13.3. The van der Waals surface area contributed by atoms with E-state index in [4.69, 9.17) is 37.9 Å². The third-order valence-corrected chi connectivity index (χ3v) is 9.28. The van der Waals surface area contributed by atoms with Gasteiger partial charge in [-0.05, 0) is 0 Å². The van der Waals surface area contributed by atoms with Crippen LogP contribution in [0.3, 0.4) is 0 Å². The third kappa shape index (κ3) is 10.1. The minimum absolute atomic E-state index is 0.222. The fraction of sp³-hybridized carbons (Fsp3) is 0.806. The summed E-state index contributed by atoms with van der Waals surface area (Å²) in [6.45, 7) is 3.76. The molecular weight excluding hydrogens is 768 g/mol. The van der Waals surface area contributed by atoms with E-state index in [-0.39, 0.29) is 6.61 Å². The van der Waals surface area contributed by atoms with Crippen molar-refractivity contribution in [3.63, 3.8) is 0 Å². The Labute approximate surface area is 316 Å². The number of aliphatic hydroxyl groups is 9. The second-order valence-corrected chi connectivity index (χ2v) is 13.3. The first-order valence-corrected chi connectivity index (χ1v) is 17.1. The van der Waals surface area contributed by atoms with E-state index in [0.717, 1.165) is 13.8 Å². The highest BCUT2D eigenvalue weighted by molar-refractivity contribution is 5.74. The van der Waals surface area contributed by atoms with Crippen molar-refractivity contribution < 1.29 is 113 Å². The predicted molar refractivity (Wildman–Crippen MR) is 172 cm³/mol. The molecule has 4 rings (SSSR count). The molecule has 56 heavy (non-hydrogen) atoms. The summed E-state index contributed by atoms with van der Waals surface area (Å²) in [5, 5.41) is 119. The molecule has 0 unspecified atom stereocenters. The smallest absolute Gasteiger partial charge is 0.335 e. The van der Waals surface area contributed by atoms with Gasteiger partial charge < -0.3 is 105 Å². The molecule has 4 aliphatic heterocycles. The lowest BCUT2D eigenvalue weighted by Gasteiger charge is -2.48. The summed E-state index contributed by atoms with van der Waals surface area (Å²) in [6.07, 6.45) is -33.4. The lowest BCUT2D eigenvalue weighted by Crippen LogP contribution is -2.69. The number of amides is 2. The van der Waals surface area contributed by atoms with Crippen LogP contribution in [0.1, 0.15) is 13.8 Å². The molecule has 0 saturated carbocycles. The fourth-order valence-corrected chi connectivity index (χ4v) is 6.50. The molecule has 0 aromatic rings. The van der Waals surface area contributed by atoms with Gasteiger partial charge in [0.25, 0.3) is 0 Å². The summed E-state index contributed by atoms with van der Waals surface area (Å²) in [5.41, 5.74) is 0. The number of carboxylic acids is 2. The van der Waals surface area contributed by atoms with Gasteiger partial charge in [0, 0.05) is 13.8 Å². The first-order chi connectivity index (χ1) is 26.3. The number of carbonyl (C=O) groups is 4. The van der Waals surface area contributed by atoms with E-state index in [2.05, 4.69) is 17.2 Å². The van der Waals surface area contributed by atoms with E-state index in [9.17, 15) is 75.3 Å². The molecule has 0 bridgehead atoms. The minimum atomic E-state index is -2.12. The average molecular weight is 817 g/mol. The number of carboxylic acid groups (broad SMARTS) is 2. The van der Waals surface area contributed by atoms with Gasteiger partial charge >= 0.3 is 11.9 Å². The lowest BCUT2D eigenvalue weighted by atomic mass is 9.94. The summed E-state index contributed by atoms with van der Waals surface area (Å²) in [7, 11) is 0. The second kappa shape index (κ2) is 19.6. The summed E-state index contributed by atoms with van der Waals surface area (Å²) in [6, 6.07) is -3.05. The number of aliphatic hydroxyl groups excluding tert-OH is 9. The van der Waals surface area contributed by atoms with Crippen molar-refractivity contribution in [3.8, 4) is 0 Å². The molecule has 4 fully saturated rings. The standard InChI is InChI=1S/C31H48N2O23/c1-4-5-49-28-12(32-8(2)35)23(54-31-21(44)17(40)19(42)25(56-31)27(47)48)15(38)11(52-28)7-50-29-13(33-9(3)36)22(14(37)10(6-34)51-29)53-30-20(43)16(39)18(41)24(55-30)26(45)46/h4,10-25,28-31,34,37-44H,1,5-7H2,2-3H3,(H,32,35)(H,33,36)(H,45,46)(H,47,48)/t10-,11-,12-,13-,14-,15-,16+,17+,18+,19+,20-,21-,22-,23-,24+,25+,28-,29-,30-,31-/m1/s1.